The van der Waals surface area contributed by atoms with E-state index in [1.54, 1.807) is 6.07 Å². The van der Waals surface area contributed by atoms with Gasteiger partial charge < -0.3 is 19.5 Å². The molecule has 0 bridgehead atoms. The molecule has 0 aliphatic rings. The SMILES string of the molecule is COC(=O)c1ccc(OC)cc1OCC(=O)Nc1ccc(SC(F)F)cc1. The first-order chi connectivity index (χ1) is 12.9. The molecule has 144 valence electrons. The van der Waals surface area contributed by atoms with Crippen molar-refractivity contribution in [3.05, 3.63) is 48.0 Å². The third-order valence-electron chi connectivity index (χ3n) is 3.32. The summed E-state index contributed by atoms with van der Waals surface area (Å²) in [5.41, 5.74) is 0.584. The molecule has 0 unspecified atom stereocenters. The molecule has 0 saturated carbocycles. The van der Waals surface area contributed by atoms with Gasteiger partial charge in [0.1, 0.15) is 17.1 Å². The summed E-state index contributed by atoms with van der Waals surface area (Å²) in [5.74, 6) is -3.01. The number of nitrogens with one attached hydrogen (secondary N) is 1. The Morgan fingerprint density at radius 1 is 1.11 bits per heavy atom. The number of thioether (sulfide) groups is 1. The zero-order chi connectivity index (χ0) is 19.8. The minimum atomic E-state index is -2.51. The quantitative estimate of drug-likeness (QED) is 0.539. The van der Waals surface area contributed by atoms with Crippen LogP contribution >= 0.6 is 11.8 Å². The molecule has 2 aromatic rings. The van der Waals surface area contributed by atoms with Crippen LogP contribution in [0.5, 0.6) is 11.5 Å². The second kappa shape index (κ2) is 9.77. The molecule has 0 atom stereocenters. The lowest BCUT2D eigenvalue weighted by Crippen LogP contribution is -2.21. The van der Waals surface area contributed by atoms with Crippen LogP contribution in [0, 0.1) is 0 Å². The van der Waals surface area contributed by atoms with Crippen LogP contribution in [-0.4, -0.2) is 38.5 Å². The van der Waals surface area contributed by atoms with Gasteiger partial charge in [0.2, 0.25) is 0 Å². The summed E-state index contributed by atoms with van der Waals surface area (Å²) in [4.78, 5) is 24.2. The fourth-order valence-corrected chi connectivity index (χ4v) is 2.59. The predicted octanol–water partition coefficient (Wildman–Crippen LogP) is 3.81. The largest absolute Gasteiger partial charge is 0.497 e. The number of esters is 1. The van der Waals surface area contributed by atoms with Crippen molar-refractivity contribution in [2.75, 3.05) is 26.1 Å². The Balaban J connectivity index is 1.99. The summed E-state index contributed by atoms with van der Waals surface area (Å²) in [6, 6.07) is 10.5. The van der Waals surface area contributed by atoms with Crippen molar-refractivity contribution >= 4 is 29.3 Å². The first-order valence-corrected chi connectivity index (χ1v) is 8.54. The normalized spacial score (nSPS) is 10.4. The highest BCUT2D eigenvalue weighted by Crippen LogP contribution is 2.27. The van der Waals surface area contributed by atoms with E-state index in [2.05, 4.69) is 10.1 Å². The zero-order valence-electron chi connectivity index (χ0n) is 14.5. The molecule has 9 heteroatoms. The Bertz CT molecular complexity index is 799. The number of carbonyl (C=O) groups excluding carboxylic acids is 2. The molecule has 2 rings (SSSR count). The van der Waals surface area contributed by atoms with E-state index in [1.165, 1.54) is 50.6 Å². The van der Waals surface area contributed by atoms with Crippen LogP contribution in [0.3, 0.4) is 0 Å². The summed E-state index contributed by atoms with van der Waals surface area (Å²) in [7, 11) is 2.69. The summed E-state index contributed by atoms with van der Waals surface area (Å²) in [5, 5.41) is 2.58. The maximum Gasteiger partial charge on any atom is 0.341 e. The van der Waals surface area contributed by atoms with Crippen LogP contribution in [0.1, 0.15) is 10.4 Å². The number of halogens is 2. The molecule has 0 radical (unpaired) electrons. The Morgan fingerprint density at radius 3 is 2.41 bits per heavy atom. The van der Waals surface area contributed by atoms with Gasteiger partial charge in [0, 0.05) is 16.6 Å². The van der Waals surface area contributed by atoms with E-state index in [9.17, 15) is 18.4 Å². The number of anilines is 1. The number of rotatable bonds is 8. The van der Waals surface area contributed by atoms with Gasteiger partial charge in [-0.25, -0.2) is 4.79 Å². The average Bonchev–Trinajstić information content (AvgIpc) is 2.66. The standard InChI is InChI=1S/C18H17F2NO5S/c1-24-12-5-8-14(17(23)25-2)15(9-12)26-10-16(22)21-11-3-6-13(7-4-11)27-18(19)20/h3-9,18H,10H2,1-2H3,(H,21,22). The molecular formula is C18H17F2NO5S. The van der Waals surface area contributed by atoms with E-state index in [0.717, 1.165) is 0 Å². The second-order valence-electron chi connectivity index (χ2n) is 5.09. The fourth-order valence-electron chi connectivity index (χ4n) is 2.09. The van der Waals surface area contributed by atoms with E-state index >= 15 is 0 Å². The highest BCUT2D eigenvalue weighted by atomic mass is 32.2. The van der Waals surface area contributed by atoms with Gasteiger partial charge in [0.05, 0.1) is 14.2 Å². The number of carbonyl (C=O) groups is 2. The van der Waals surface area contributed by atoms with Gasteiger partial charge in [-0.1, -0.05) is 11.8 Å². The maximum atomic E-state index is 12.3. The predicted molar refractivity (Wildman–Crippen MR) is 96.8 cm³/mol. The van der Waals surface area contributed by atoms with Crippen LogP contribution in [0.4, 0.5) is 14.5 Å². The molecule has 6 nitrogen and oxygen atoms in total. The number of methoxy groups -OCH3 is 2. The van der Waals surface area contributed by atoms with Gasteiger partial charge in [-0.3, -0.25) is 4.79 Å². The van der Waals surface area contributed by atoms with Crippen LogP contribution in [0.15, 0.2) is 47.4 Å². The fraction of sp³-hybridized carbons (Fsp3) is 0.222. The molecule has 0 fully saturated rings. The molecule has 2 aromatic carbocycles. The van der Waals surface area contributed by atoms with Gasteiger partial charge in [0.15, 0.2) is 6.61 Å². The highest BCUT2D eigenvalue weighted by molar-refractivity contribution is 7.99. The molecular weight excluding hydrogens is 380 g/mol. The lowest BCUT2D eigenvalue weighted by molar-refractivity contribution is -0.118. The highest BCUT2D eigenvalue weighted by Gasteiger charge is 2.15. The van der Waals surface area contributed by atoms with Crippen LogP contribution in [0.25, 0.3) is 0 Å². The van der Waals surface area contributed by atoms with Gasteiger partial charge in [0.25, 0.3) is 11.7 Å². The maximum absolute atomic E-state index is 12.3. The summed E-state index contributed by atoms with van der Waals surface area (Å²) < 4.78 is 39.8. The third-order valence-corrected chi connectivity index (χ3v) is 4.04. The molecule has 0 heterocycles. The number of hydrogen-bond donors (Lipinski definition) is 1. The minimum Gasteiger partial charge on any atom is -0.497 e. The van der Waals surface area contributed by atoms with Crippen molar-refractivity contribution in [3.63, 3.8) is 0 Å². The number of benzene rings is 2. The van der Waals surface area contributed by atoms with Crippen LogP contribution in [-0.2, 0) is 9.53 Å². The number of amides is 1. The average molecular weight is 397 g/mol. The van der Waals surface area contributed by atoms with E-state index in [4.69, 9.17) is 9.47 Å². The lowest BCUT2D eigenvalue weighted by Gasteiger charge is -2.12. The van der Waals surface area contributed by atoms with E-state index in [1.807, 2.05) is 0 Å². The zero-order valence-corrected chi connectivity index (χ0v) is 15.3. The van der Waals surface area contributed by atoms with E-state index < -0.39 is 17.6 Å². The molecule has 0 aliphatic heterocycles. The molecule has 0 aliphatic carbocycles. The molecule has 1 N–H and O–H groups in total. The van der Waals surface area contributed by atoms with Crippen LogP contribution in [0.2, 0.25) is 0 Å². The first kappa shape index (κ1) is 20.5. The van der Waals surface area contributed by atoms with E-state index in [0.29, 0.717) is 28.1 Å². The number of alkyl halides is 2. The Hall–Kier alpha value is -2.81. The Morgan fingerprint density at radius 2 is 1.81 bits per heavy atom. The van der Waals surface area contributed by atoms with Gasteiger partial charge in [-0.05, 0) is 36.4 Å². The number of hydrogen-bond acceptors (Lipinski definition) is 6. The first-order valence-electron chi connectivity index (χ1n) is 7.67. The minimum absolute atomic E-state index is 0.139. The van der Waals surface area contributed by atoms with E-state index in [-0.39, 0.29) is 17.9 Å². The molecule has 0 aromatic heterocycles. The summed E-state index contributed by atoms with van der Waals surface area (Å²) in [6.07, 6.45) is 0. The van der Waals surface area contributed by atoms with Gasteiger partial charge >= 0.3 is 5.97 Å². The molecule has 0 saturated heterocycles. The van der Waals surface area contributed by atoms with Gasteiger partial charge in [-0.15, -0.1) is 0 Å². The van der Waals surface area contributed by atoms with Crippen molar-refractivity contribution in [2.24, 2.45) is 0 Å². The van der Waals surface area contributed by atoms with Crippen LogP contribution < -0.4 is 14.8 Å². The molecule has 0 spiro atoms. The smallest absolute Gasteiger partial charge is 0.341 e. The summed E-state index contributed by atoms with van der Waals surface area (Å²) in [6.45, 7) is -0.370. The lowest BCUT2D eigenvalue weighted by atomic mass is 10.2. The Labute approximate surface area is 158 Å². The van der Waals surface area contributed by atoms with Crippen molar-refractivity contribution in [3.8, 4) is 11.5 Å². The van der Waals surface area contributed by atoms with Crippen molar-refractivity contribution in [1.29, 1.82) is 0 Å². The summed E-state index contributed by atoms with van der Waals surface area (Å²) >= 11 is 0.417. The Kier molecular flexibility index (Phi) is 7.42. The van der Waals surface area contributed by atoms with Crippen molar-refractivity contribution in [2.45, 2.75) is 10.7 Å². The van der Waals surface area contributed by atoms with Crippen molar-refractivity contribution < 1.29 is 32.6 Å². The topological polar surface area (TPSA) is 73.9 Å². The second-order valence-corrected chi connectivity index (χ2v) is 6.16. The third kappa shape index (κ3) is 6.14. The monoisotopic (exact) mass is 397 g/mol. The molecule has 27 heavy (non-hydrogen) atoms. The molecule has 1 amide bonds. The number of ether oxygens (including phenoxy) is 3. The van der Waals surface area contributed by atoms with Crippen molar-refractivity contribution in [1.82, 2.24) is 0 Å². The van der Waals surface area contributed by atoms with Gasteiger partial charge in [-0.2, -0.15) is 8.78 Å².